The van der Waals surface area contributed by atoms with Crippen molar-refractivity contribution in [2.75, 3.05) is 0 Å². The van der Waals surface area contributed by atoms with Crippen LogP contribution in [0, 0.1) is 0 Å². The van der Waals surface area contributed by atoms with Gasteiger partial charge in [0.25, 0.3) is 0 Å². The van der Waals surface area contributed by atoms with Gasteiger partial charge >= 0.3 is 0 Å². The van der Waals surface area contributed by atoms with E-state index in [1.807, 2.05) is 23.5 Å². The summed E-state index contributed by atoms with van der Waals surface area (Å²) in [5, 5.41) is 9.66. The fraction of sp³-hybridized carbons (Fsp3) is 0. The Morgan fingerprint density at radius 3 is 2.17 bits per heavy atom. The van der Waals surface area contributed by atoms with Gasteiger partial charge in [-0.3, -0.25) is 4.40 Å². The van der Waals surface area contributed by atoms with Crippen molar-refractivity contribution in [3.63, 3.8) is 0 Å². The molecule has 4 heteroatoms. The number of aromatic nitrogens is 2. The maximum atomic E-state index is 6.38. The first kappa shape index (κ1) is 25.2. The Hall–Kier alpha value is -5.97. The number of hydrogen-bond donors (Lipinski definition) is 0. The minimum Gasteiger partial charge on any atom is -0.455 e. The van der Waals surface area contributed by atoms with Crippen LogP contribution in [-0.4, -0.2) is 9.38 Å². The fourth-order valence-electron chi connectivity index (χ4n) is 7.53. The zero-order valence-electron chi connectivity index (χ0n) is 25.1. The van der Waals surface area contributed by atoms with E-state index in [1.54, 1.807) is 0 Å². The standard InChI is InChI=1S/C43H24N2OS/c1-2-9-28-23-34-29(22-27(28)8-1)20-21-36-40(34)44-43-42-35(32-11-4-6-15-39(32)47-42)24-37(45(36)43)26-18-16-25(17-19-26)30-12-7-13-33-31-10-3-5-14-38(31)46-41(30)33/h1-24H. The molecular formula is C43H24N2OS. The molecule has 0 aliphatic rings. The second-order valence-corrected chi connectivity index (χ2v) is 13.4. The van der Waals surface area contributed by atoms with Crippen LogP contribution in [0.4, 0.5) is 0 Å². The highest BCUT2D eigenvalue weighted by Crippen LogP contribution is 2.42. The molecule has 7 aromatic carbocycles. The average molecular weight is 617 g/mol. The number of furan rings is 1. The Balaban J connectivity index is 1.18. The lowest BCUT2D eigenvalue weighted by Gasteiger charge is -2.10. The number of fused-ring (bicyclic) bond motifs is 13. The third kappa shape index (κ3) is 3.53. The van der Waals surface area contributed by atoms with Gasteiger partial charge in [-0.25, -0.2) is 4.98 Å². The van der Waals surface area contributed by atoms with Crippen molar-refractivity contribution in [1.29, 1.82) is 0 Å². The number of benzene rings is 7. The van der Waals surface area contributed by atoms with Gasteiger partial charge < -0.3 is 4.42 Å². The van der Waals surface area contributed by atoms with Crippen molar-refractivity contribution in [2.24, 2.45) is 0 Å². The molecular weight excluding hydrogens is 593 g/mol. The van der Waals surface area contributed by atoms with Crippen molar-refractivity contribution in [3.05, 3.63) is 146 Å². The van der Waals surface area contributed by atoms with E-state index in [4.69, 9.17) is 9.40 Å². The van der Waals surface area contributed by atoms with Gasteiger partial charge in [0.2, 0.25) is 0 Å². The van der Waals surface area contributed by atoms with E-state index in [9.17, 15) is 0 Å². The fourth-order valence-corrected chi connectivity index (χ4v) is 8.70. The topological polar surface area (TPSA) is 30.4 Å². The number of nitrogens with zero attached hydrogens (tertiary/aromatic N) is 2. The van der Waals surface area contributed by atoms with Crippen LogP contribution >= 0.6 is 11.3 Å². The molecule has 0 bridgehead atoms. The molecule has 0 saturated heterocycles. The summed E-state index contributed by atoms with van der Waals surface area (Å²) in [7, 11) is 0. The van der Waals surface area contributed by atoms with Gasteiger partial charge in [-0.05, 0) is 63.7 Å². The molecule has 0 aliphatic carbocycles. The Bertz CT molecular complexity index is 3070. The number of para-hydroxylation sites is 2. The molecule has 0 aliphatic heterocycles. The number of pyridine rings is 1. The highest BCUT2D eigenvalue weighted by Gasteiger charge is 2.19. The lowest BCUT2D eigenvalue weighted by molar-refractivity contribution is 0.670. The molecule has 4 aromatic heterocycles. The zero-order chi connectivity index (χ0) is 30.6. The molecule has 0 N–H and O–H groups in total. The highest BCUT2D eigenvalue weighted by molar-refractivity contribution is 7.26. The van der Waals surface area contributed by atoms with Crippen molar-refractivity contribution in [2.45, 2.75) is 0 Å². The van der Waals surface area contributed by atoms with Gasteiger partial charge in [-0.1, -0.05) is 109 Å². The molecule has 11 aromatic rings. The van der Waals surface area contributed by atoms with Crippen LogP contribution in [0.15, 0.2) is 150 Å². The maximum Gasteiger partial charge on any atom is 0.156 e. The van der Waals surface area contributed by atoms with Crippen LogP contribution < -0.4 is 0 Å². The van der Waals surface area contributed by atoms with Gasteiger partial charge in [-0.15, -0.1) is 11.3 Å². The van der Waals surface area contributed by atoms with E-state index in [1.165, 1.54) is 41.7 Å². The summed E-state index contributed by atoms with van der Waals surface area (Å²) in [6, 6.07) is 52.3. The molecule has 3 nitrogen and oxygen atoms in total. The summed E-state index contributed by atoms with van der Waals surface area (Å²) < 4.78 is 11.2. The summed E-state index contributed by atoms with van der Waals surface area (Å²) in [4.78, 5) is 5.44. The van der Waals surface area contributed by atoms with E-state index in [0.717, 1.165) is 61.0 Å². The summed E-state index contributed by atoms with van der Waals surface area (Å²) in [6.45, 7) is 0. The monoisotopic (exact) mass is 616 g/mol. The largest absolute Gasteiger partial charge is 0.455 e. The van der Waals surface area contributed by atoms with E-state index in [-0.39, 0.29) is 0 Å². The third-order valence-corrected chi connectivity index (χ3v) is 10.9. The van der Waals surface area contributed by atoms with Crippen molar-refractivity contribution < 1.29 is 4.42 Å². The first-order valence-corrected chi connectivity index (χ1v) is 16.7. The van der Waals surface area contributed by atoms with Crippen LogP contribution in [0.25, 0.3) is 103 Å². The quantitative estimate of drug-likeness (QED) is 0.181. The molecule has 0 saturated carbocycles. The molecule has 0 unspecified atom stereocenters. The lowest BCUT2D eigenvalue weighted by Crippen LogP contribution is -1.93. The number of hydrogen-bond acceptors (Lipinski definition) is 3. The SMILES string of the molecule is c1ccc2cc3c(ccc4c3nc3c5sc6ccccc6c5cc(-c5ccc(-c6cccc7c6oc6ccccc67)cc5)n43)cc2c1. The predicted octanol–water partition coefficient (Wildman–Crippen LogP) is 12.4. The summed E-state index contributed by atoms with van der Waals surface area (Å²) in [5.74, 6) is 0. The van der Waals surface area contributed by atoms with E-state index < -0.39 is 0 Å². The van der Waals surface area contributed by atoms with E-state index in [0.29, 0.717) is 0 Å². The van der Waals surface area contributed by atoms with E-state index >= 15 is 0 Å². The molecule has 4 heterocycles. The second kappa shape index (κ2) is 9.29. The maximum absolute atomic E-state index is 6.38. The number of thiophene rings is 1. The van der Waals surface area contributed by atoms with Crippen LogP contribution in [0.2, 0.25) is 0 Å². The molecule has 218 valence electrons. The van der Waals surface area contributed by atoms with E-state index in [2.05, 4.69) is 138 Å². The minimum absolute atomic E-state index is 0.915. The summed E-state index contributed by atoms with van der Waals surface area (Å²) in [5.41, 5.74) is 9.50. The molecule has 0 atom stereocenters. The molecule has 47 heavy (non-hydrogen) atoms. The lowest BCUT2D eigenvalue weighted by atomic mass is 9.99. The van der Waals surface area contributed by atoms with Gasteiger partial charge in [0, 0.05) is 37.2 Å². The summed E-state index contributed by atoms with van der Waals surface area (Å²) >= 11 is 1.83. The highest BCUT2D eigenvalue weighted by atomic mass is 32.1. The Morgan fingerprint density at radius 2 is 1.28 bits per heavy atom. The molecule has 0 fully saturated rings. The van der Waals surface area contributed by atoms with Crippen molar-refractivity contribution >= 4 is 91.7 Å². The first-order chi connectivity index (χ1) is 23.3. The van der Waals surface area contributed by atoms with Crippen LogP contribution in [0.5, 0.6) is 0 Å². The Kier molecular flexibility index (Phi) is 4.99. The second-order valence-electron chi connectivity index (χ2n) is 12.4. The number of imidazole rings is 1. The van der Waals surface area contributed by atoms with Crippen LogP contribution in [-0.2, 0) is 0 Å². The van der Waals surface area contributed by atoms with Gasteiger partial charge in [0.15, 0.2) is 5.65 Å². The smallest absolute Gasteiger partial charge is 0.156 e. The Morgan fingerprint density at radius 1 is 0.532 bits per heavy atom. The van der Waals surface area contributed by atoms with Crippen molar-refractivity contribution in [1.82, 2.24) is 9.38 Å². The molecule has 0 radical (unpaired) electrons. The van der Waals surface area contributed by atoms with Gasteiger partial charge in [0.05, 0.1) is 21.4 Å². The molecule has 11 rings (SSSR count). The van der Waals surface area contributed by atoms with Gasteiger partial charge in [-0.2, -0.15) is 0 Å². The minimum atomic E-state index is 0.915. The first-order valence-electron chi connectivity index (χ1n) is 15.9. The van der Waals surface area contributed by atoms with Crippen molar-refractivity contribution in [3.8, 4) is 22.4 Å². The predicted molar refractivity (Wildman–Crippen MR) is 199 cm³/mol. The Labute approximate surface area is 272 Å². The summed E-state index contributed by atoms with van der Waals surface area (Å²) in [6.07, 6.45) is 0. The normalized spacial score (nSPS) is 12.3. The molecule has 0 spiro atoms. The van der Waals surface area contributed by atoms with Crippen LogP contribution in [0.3, 0.4) is 0 Å². The van der Waals surface area contributed by atoms with Gasteiger partial charge in [0.1, 0.15) is 11.2 Å². The molecule has 0 amide bonds. The zero-order valence-corrected chi connectivity index (χ0v) is 25.9. The average Bonchev–Trinajstić information content (AvgIpc) is 3.82. The third-order valence-electron chi connectivity index (χ3n) is 9.76. The van der Waals surface area contributed by atoms with Crippen LogP contribution in [0.1, 0.15) is 0 Å². The number of rotatable bonds is 2.